The zero-order chi connectivity index (χ0) is 14.5. The van der Waals surface area contributed by atoms with Crippen LogP contribution >= 0.6 is 0 Å². The molecule has 0 spiro atoms. The molecule has 3 amide bonds. The van der Waals surface area contributed by atoms with E-state index in [-0.39, 0.29) is 18.0 Å². The van der Waals surface area contributed by atoms with Crippen molar-refractivity contribution >= 4 is 17.6 Å². The Bertz CT molecular complexity index is 480. The molecule has 1 fully saturated rings. The van der Waals surface area contributed by atoms with Gasteiger partial charge in [0.25, 0.3) is 0 Å². The van der Waals surface area contributed by atoms with Gasteiger partial charge >= 0.3 is 6.03 Å². The maximum absolute atomic E-state index is 12.0. The number of urea groups is 1. The van der Waals surface area contributed by atoms with Crippen molar-refractivity contribution in [2.24, 2.45) is 5.73 Å². The fraction of sp³-hybridized carbons (Fsp3) is 0.429. The normalized spacial score (nSPS) is 19.4. The van der Waals surface area contributed by atoms with Gasteiger partial charge in [0.15, 0.2) is 0 Å². The second kappa shape index (κ2) is 6.38. The minimum atomic E-state index is -0.591. The number of hydrogen-bond acceptors (Lipinski definition) is 3. The number of amides is 3. The van der Waals surface area contributed by atoms with Gasteiger partial charge in [0, 0.05) is 5.69 Å². The molecule has 1 aromatic rings. The Balaban J connectivity index is 1.92. The number of nitrogens with one attached hydrogen (secondary N) is 3. The molecule has 5 N–H and O–H groups in total. The second-order valence-corrected chi connectivity index (χ2v) is 4.99. The number of anilines is 1. The first-order chi connectivity index (χ1) is 9.56. The lowest BCUT2D eigenvalue weighted by Gasteiger charge is -2.18. The molecule has 0 radical (unpaired) electrons. The van der Waals surface area contributed by atoms with Crippen molar-refractivity contribution in [3.05, 3.63) is 29.8 Å². The Hall–Kier alpha value is -2.08. The predicted molar refractivity (Wildman–Crippen MR) is 77.2 cm³/mol. The van der Waals surface area contributed by atoms with Gasteiger partial charge in [0.1, 0.15) is 0 Å². The number of hydrogen-bond donors (Lipinski definition) is 4. The van der Waals surface area contributed by atoms with Gasteiger partial charge in [0.05, 0.1) is 12.1 Å². The van der Waals surface area contributed by atoms with Gasteiger partial charge in [-0.3, -0.25) is 4.79 Å². The Morgan fingerprint density at radius 2 is 2.05 bits per heavy atom. The molecule has 1 aromatic carbocycles. The molecule has 108 valence electrons. The Labute approximate surface area is 118 Å². The summed E-state index contributed by atoms with van der Waals surface area (Å²) < 4.78 is 0. The summed E-state index contributed by atoms with van der Waals surface area (Å²) in [5.41, 5.74) is 6.66. The largest absolute Gasteiger partial charge is 0.351 e. The van der Waals surface area contributed by atoms with E-state index in [0.717, 1.165) is 24.9 Å². The quantitative estimate of drug-likeness (QED) is 0.663. The molecule has 0 saturated carbocycles. The van der Waals surface area contributed by atoms with Gasteiger partial charge in [-0.15, -0.1) is 0 Å². The van der Waals surface area contributed by atoms with Gasteiger partial charge in [0.2, 0.25) is 5.91 Å². The molecule has 6 nitrogen and oxygen atoms in total. The van der Waals surface area contributed by atoms with Gasteiger partial charge < -0.3 is 21.7 Å². The maximum atomic E-state index is 12.0. The topological polar surface area (TPSA) is 96.2 Å². The number of rotatable bonds is 4. The van der Waals surface area contributed by atoms with Crippen LogP contribution in [0.2, 0.25) is 0 Å². The first kappa shape index (κ1) is 14.3. The van der Waals surface area contributed by atoms with Crippen LogP contribution in [0.15, 0.2) is 24.3 Å². The fourth-order valence-corrected chi connectivity index (χ4v) is 2.30. The molecule has 2 rings (SSSR count). The second-order valence-electron chi connectivity index (χ2n) is 4.99. The molecular weight excluding hydrogens is 256 g/mol. The van der Waals surface area contributed by atoms with Crippen LogP contribution in [0.1, 0.15) is 31.4 Å². The third-order valence-corrected chi connectivity index (χ3v) is 3.41. The number of nitrogens with two attached hydrogens (primary N) is 1. The summed E-state index contributed by atoms with van der Waals surface area (Å²) in [6.45, 7) is 2.84. The highest BCUT2D eigenvalue weighted by Crippen LogP contribution is 2.16. The van der Waals surface area contributed by atoms with E-state index in [4.69, 9.17) is 5.73 Å². The minimum Gasteiger partial charge on any atom is -0.351 e. The summed E-state index contributed by atoms with van der Waals surface area (Å²) in [6.07, 6.45) is 1.93. The summed E-state index contributed by atoms with van der Waals surface area (Å²) in [5.74, 6) is 0.0364. The minimum absolute atomic E-state index is 0.0364. The Morgan fingerprint density at radius 3 is 2.60 bits per heavy atom. The highest BCUT2D eigenvalue weighted by atomic mass is 16.2. The molecule has 2 unspecified atom stereocenters. The van der Waals surface area contributed by atoms with E-state index in [2.05, 4.69) is 16.0 Å². The molecule has 1 aliphatic heterocycles. The zero-order valence-electron chi connectivity index (χ0n) is 11.5. The predicted octanol–water partition coefficient (Wildman–Crippen LogP) is 1.11. The first-order valence-corrected chi connectivity index (χ1v) is 6.76. The standard InChI is InChI=1S/C14H20N4O2/c1-9(17-13(19)12-3-2-8-16-12)10-4-6-11(7-5-10)18-14(15)20/h4-7,9,12,16H,2-3,8H2,1H3,(H,17,19)(H3,15,18,20). The smallest absolute Gasteiger partial charge is 0.316 e. The van der Waals surface area contributed by atoms with E-state index >= 15 is 0 Å². The number of benzene rings is 1. The van der Waals surface area contributed by atoms with Gasteiger partial charge in [-0.1, -0.05) is 12.1 Å². The van der Waals surface area contributed by atoms with E-state index < -0.39 is 6.03 Å². The number of carbonyl (C=O) groups is 2. The van der Waals surface area contributed by atoms with E-state index in [9.17, 15) is 9.59 Å². The van der Waals surface area contributed by atoms with Gasteiger partial charge in [-0.2, -0.15) is 0 Å². The van der Waals surface area contributed by atoms with Crippen LogP contribution < -0.4 is 21.7 Å². The summed E-state index contributed by atoms with van der Waals surface area (Å²) in [7, 11) is 0. The van der Waals surface area contributed by atoms with Crippen LogP contribution in [-0.2, 0) is 4.79 Å². The maximum Gasteiger partial charge on any atom is 0.316 e. The molecule has 6 heteroatoms. The molecule has 1 aliphatic rings. The van der Waals surface area contributed by atoms with Crippen molar-refractivity contribution < 1.29 is 9.59 Å². The fourth-order valence-electron chi connectivity index (χ4n) is 2.30. The van der Waals surface area contributed by atoms with Crippen molar-refractivity contribution in [1.29, 1.82) is 0 Å². The Morgan fingerprint density at radius 1 is 1.35 bits per heavy atom. The lowest BCUT2D eigenvalue weighted by atomic mass is 10.1. The van der Waals surface area contributed by atoms with Crippen LogP contribution in [-0.4, -0.2) is 24.5 Å². The molecule has 0 aromatic heterocycles. The van der Waals surface area contributed by atoms with Crippen molar-refractivity contribution in [1.82, 2.24) is 10.6 Å². The SMILES string of the molecule is CC(NC(=O)C1CCCN1)c1ccc(NC(N)=O)cc1. The molecular formula is C14H20N4O2. The summed E-state index contributed by atoms with van der Waals surface area (Å²) in [6, 6.07) is 6.50. The van der Waals surface area contributed by atoms with Crippen molar-refractivity contribution in [3.8, 4) is 0 Å². The third-order valence-electron chi connectivity index (χ3n) is 3.41. The number of carbonyl (C=O) groups excluding carboxylic acids is 2. The lowest BCUT2D eigenvalue weighted by molar-refractivity contribution is -0.123. The van der Waals surface area contributed by atoms with Gasteiger partial charge in [-0.25, -0.2) is 4.79 Å². The zero-order valence-corrected chi connectivity index (χ0v) is 11.5. The summed E-state index contributed by atoms with van der Waals surface area (Å²) >= 11 is 0. The molecule has 0 bridgehead atoms. The van der Waals surface area contributed by atoms with Crippen LogP contribution in [0.4, 0.5) is 10.5 Å². The van der Waals surface area contributed by atoms with Gasteiger partial charge in [-0.05, 0) is 44.0 Å². The monoisotopic (exact) mass is 276 g/mol. The summed E-state index contributed by atoms with van der Waals surface area (Å²) in [5, 5.41) is 8.65. The average Bonchev–Trinajstić information content (AvgIpc) is 2.92. The highest BCUT2D eigenvalue weighted by Gasteiger charge is 2.23. The molecule has 20 heavy (non-hydrogen) atoms. The number of primary amides is 1. The van der Waals surface area contributed by atoms with Crippen molar-refractivity contribution in [3.63, 3.8) is 0 Å². The third kappa shape index (κ3) is 3.71. The van der Waals surface area contributed by atoms with Crippen LogP contribution in [0.5, 0.6) is 0 Å². The average molecular weight is 276 g/mol. The molecule has 1 saturated heterocycles. The highest BCUT2D eigenvalue weighted by molar-refractivity contribution is 5.87. The van der Waals surface area contributed by atoms with Crippen LogP contribution in [0.3, 0.4) is 0 Å². The van der Waals surface area contributed by atoms with Crippen molar-refractivity contribution in [2.75, 3.05) is 11.9 Å². The lowest BCUT2D eigenvalue weighted by Crippen LogP contribution is -2.41. The van der Waals surface area contributed by atoms with Crippen LogP contribution in [0.25, 0.3) is 0 Å². The molecule has 1 heterocycles. The first-order valence-electron chi connectivity index (χ1n) is 6.76. The van der Waals surface area contributed by atoms with E-state index in [0.29, 0.717) is 5.69 Å². The Kier molecular flexibility index (Phi) is 4.57. The van der Waals surface area contributed by atoms with E-state index in [1.165, 1.54) is 0 Å². The van der Waals surface area contributed by atoms with Crippen LogP contribution in [0, 0.1) is 0 Å². The molecule has 0 aliphatic carbocycles. The molecule has 2 atom stereocenters. The van der Waals surface area contributed by atoms with E-state index in [1.807, 2.05) is 19.1 Å². The summed E-state index contributed by atoms with van der Waals surface area (Å²) in [4.78, 5) is 22.7. The van der Waals surface area contributed by atoms with E-state index in [1.54, 1.807) is 12.1 Å². The van der Waals surface area contributed by atoms with Crippen molar-refractivity contribution in [2.45, 2.75) is 31.8 Å².